The zero-order valence-corrected chi connectivity index (χ0v) is 13.4. The molecule has 0 aliphatic heterocycles. The lowest BCUT2D eigenvalue weighted by Crippen LogP contribution is -2.10. The van der Waals surface area contributed by atoms with Gasteiger partial charge < -0.3 is 14.4 Å². The molecule has 0 radical (unpaired) electrons. The summed E-state index contributed by atoms with van der Waals surface area (Å²) in [5, 5.41) is 9.30. The van der Waals surface area contributed by atoms with Crippen molar-refractivity contribution in [3.63, 3.8) is 0 Å². The van der Waals surface area contributed by atoms with Gasteiger partial charge in [0.2, 0.25) is 0 Å². The van der Waals surface area contributed by atoms with Crippen molar-refractivity contribution >= 4 is 35.2 Å². The van der Waals surface area contributed by atoms with Crippen LogP contribution in [0.3, 0.4) is 0 Å². The van der Waals surface area contributed by atoms with Crippen molar-refractivity contribution in [1.29, 1.82) is 0 Å². The molecule has 0 aliphatic carbocycles. The van der Waals surface area contributed by atoms with Crippen LogP contribution in [0.2, 0.25) is 5.15 Å². The van der Waals surface area contributed by atoms with Crippen molar-refractivity contribution < 1.29 is 19.4 Å². The molecule has 0 spiro atoms. The second kappa shape index (κ2) is 7.11. The van der Waals surface area contributed by atoms with E-state index in [1.165, 1.54) is 18.3 Å². The van der Waals surface area contributed by atoms with Crippen LogP contribution >= 0.6 is 11.6 Å². The summed E-state index contributed by atoms with van der Waals surface area (Å²) in [6.45, 7) is 1.94. The van der Waals surface area contributed by atoms with Crippen LogP contribution in [0.25, 0.3) is 11.6 Å². The molecule has 0 saturated carbocycles. The van der Waals surface area contributed by atoms with Crippen molar-refractivity contribution in [3.8, 4) is 0 Å². The fraction of sp³-hybridized carbons (Fsp3) is 0.188. The Bertz CT molecular complexity index is 763. The zero-order valence-electron chi connectivity index (χ0n) is 12.6. The van der Waals surface area contributed by atoms with Crippen LogP contribution in [0.1, 0.15) is 28.7 Å². The summed E-state index contributed by atoms with van der Waals surface area (Å²) in [5.41, 5.74) is 1.06. The number of hydrogen-bond acceptors (Lipinski definition) is 4. The summed E-state index contributed by atoms with van der Waals surface area (Å²) in [7, 11) is 1.69. The monoisotopic (exact) mass is 334 g/mol. The molecule has 0 amide bonds. The highest BCUT2D eigenvalue weighted by atomic mass is 35.5. The number of aromatic nitrogens is 2. The Morgan fingerprint density at radius 1 is 1.35 bits per heavy atom. The van der Waals surface area contributed by atoms with Gasteiger partial charge in [0, 0.05) is 7.05 Å². The molecule has 0 bridgehead atoms. The van der Waals surface area contributed by atoms with Gasteiger partial charge in [0.1, 0.15) is 16.6 Å². The lowest BCUT2D eigenvalue weighted by Gasteiger charge is -2.08. The van der Waals surface area contributed by atoms with Gasteiger partial charge in [0.15, 0.2) is 0 Å². The summed E-state index contributed by atoms with van der Waals surface area (Å²) in [6, 6.07) is 6.13. The number of carboxylic acids is 1. The molecule has 0 atom stereocenters. The highest BCUT2D eigenvalue weighted by Gasteiger charge is 2.19. The van der Waals surface area contributed by atoms with Crippen molar-refractivity contribution in [3.05, 3.63) is 52.6 Å². The second-order valence-corrected chi connectivity index (χ2v) is 5.06. The predicted molar refractivity (Wildman–Crippen MR) is 86.1 cm³/mol. The van der Waals surface area contributed by atoms with Crippen molar-refractivity contribution in [2.45, 2.75) is 6.92 Å². The van der Waals surface area contributed by atoms with E-state index in [1.54, 1.807) is 36.7 Å². The van der Waals surface area contributed by atoms with Crippen LogP contribution in [0.15, 0.2) is 30.5 Å². The average molecular weight is 335 g/mol. The van der Waals surface area contributed by atoms with Gasteiger partial charge in [-0.3, -0.25) is 0 Å². The SMILES string of the molecule is CCOC(=O)C(=Cc1ccc(C(=O)O)cc1)c1ncc(Cl)n1C. The van der Waals surface area contributed by atoms with Gasteiger partial charge in [0.05, 0.1) is 18.4 Å². The number of carbonyl (C=O) groups is 2. The van der Waals surface area contributed by atoms with Crippen molar-refractivity contribution in [2.75, 3.05) is 6.61 Å². The normalized spacial score (nSPS) is 11.3. The van der Waals surface area contributed by atoms with Gasteiger partial charge in [-0.25, -0.2) is 14.6 Å². The topological polar surface area (TPSA) is 81.4 Å². The molecular formula is C16H15ClN2O4. The number of aromatic carboxylic acids is 1. The minimum Gasteiger partial charge on any atom is -0.478 e. The van der Waals surface area contributed by atoms with E-state index in [9.17, 15) is 9.59 Å². The maximum atomic E-state index is 12.2. The number of carboxylic acid groups (broad SMARTS) is 1. The highest BCUT2D eigenvalue weighted by Crippen LogP contribution is 2.22. The standard InChI is InChI=1S/C16H15ClN2O4/c1-3-23-16(22)12(14-18-9-13(17)19(14)2)8-10-4-6-11(7-5-10)15(20)21/h4-9H,3H2,1-2H3,(H,20,21). The minimum absolute atomic E-state index is 0.167. The molecule has 1 N–H and O–H groups in total. The first-order valence-electron chi connectivity index (χ1n) is 6.83. The van der Waals surface area contributed by atoms with E-state index in [0.29, 0.717) is 16.5 Å². The number of rotatable bonds is 5. The predicted octanol–water partition coefficient (Wildman–Crippen LogP) is 2.88. The number of benzene rings is 1. The van der Waals surface area contributed by atoms with Crippen LogP contribution in [0.4, 0.5) is 0 Å². The third-order valence-electron chi connectivity index (χ3n) is 3.14. The molecule has 0 saturated heterocycles. The molecule has 2 aromatic rings. The first kappa shape index (κ1) is 16.8. The van der Waals surface area contributed by atoms with E-state index in [1.807, 2.05) is 0 Å². The Hall–Kier alpha value is -2.60. The highest BCUT2D eigenvalue weighted by molar-refractivity contribution is 6.30. The van der Waals surface area contributed by atoms with E-state index in [4.69, 9.17) is 21.4 Å². The summed E-state index contributed by atoms with van der Waals surface area (Å²) in [4.78, 5) is 27.2. The fourth-order valence-electron chi connectivity index (χ4n) is 1.95. The number of carbonyl (C=O) groups excluding carboxylic acids is 1. The van der Waals surface area contributed by atoms with Gasteiger partial charge in [-0.05, 0) is 30.7 Å². The van der Waals surface area contributed by atoms with Crippen LogP contribution in [-0.2, 0) is 16.6 Å². The second-order valence-electron chi connectivity index (χ2n) is 4.67. The Morgan fingerprint density at radius 2 is 2.00 bits per heavy atom. The van der Waals surface area contributed by atoms with Crippen molar-refractivity contribution in [1.82, 2.24) is 9.55 Å². The summed E-state index contributed by atoms with van der Waals surface area (Å²) in [6.07, 6.45) is 3.03. The number of imidazole rings is 1. The number of halogens is 1. The summed E-state index contributed by atoms with van der Waals surface area (Å²) >= 11 is 5.97. The van der Waals surface area contributed by atoms with E-state index in [0.717, 1.165) is 0 Å². The summed E-state index contributed by atoms with van der Waals surface area (Å²) in [5.74, 6) is -1.17. The van der Waals surface area contributed by atoms with Gasteiger partial charge in [-0.2, -0.15) is 0 Å². The molecule has 23 heavy (non-hydrogen) atoms. The molecule has 0 fully saturated rings. The minimum atomic E-state index is -1.01. The van der Waals surface area contributed by atoms with Crippen LogP contribution in [-0.4, -0.2) is 33.2 Å². The fourth-order valence-corrected chi connectivity index (χ4v) is 2.08. The zero-order chi connectivity index (χ0) is 17.0. The molecule has 0 aliphatic rings. The smallest absolute Gasteiger partial charge is 0.341 e. The Labute approximate surface area is 138 Å². The lowest BCUT2D eigenvalue weighted by atomic mass is 10.1. The maximum absolute atomic E-state index is 12.2. The van der Waals surface area contributed by atoms with Crippen molar-refractivity contribution in [2.24, 2.45) is 7.05 Å². The molecule has 6 nitrogen and oxygen atoms in total. The first-order chi connectivity index (χ1) is 10.9. The van der Waals surface area contributed by atoms with E-state index in [2.05, 4.69) is 4.98 Å². The Kier molecular flexibility index (Phi) is 5.18. The van der Waals surface area contributed by atoms with Gasteiger partial charge in [-0.15, -0.1) is 0 Å². The van der Waals surface area contributed by atoms with Crippen LogP contribution in [0, 0.1) is 0 Å². The first-order valence-corrected chi connectivity index (χ1v) is 7.21. The Balaban J connectivity index is 2.46. The third-order valence-corrected chi connectivity index (χ3v) is 3.49. The molecule has 1 heterocycles. The van der Waals surface area contributed by atoms with Crippen LogP contribution < -0.4 is 0 Å². The molecule has 7 heteroatoms. The third kappa shape index (κ3) is 3.78. The number of hydrogen-bond donors (Lipinski definition) is 1. The molecule has 1 aromatic carbocycles. The molecule has 0 unspecified atom stereocenters. The molecular weight excluding hydrogens is 320 g/mol. The lowest BCUT2D eigenvalue weighted by molar-refractivity contribution is -0.136. The van der Waals surface area contributed by atoms with Gasteiger partial charge in [0.25, 0.3) is 0 Å². The molecule has 120 valence electrons. The number of esters is 1. The quantitative estimate of drug-likeness (QED) is 0.671. The van der Waals surface area contributed by atoms with E-state index in [-0.39, 0.29) is 17.7 Å². The number of ether oxygens (including phenoxy) is 1. The van der Waals surface area contributed by atoms with Crippen LogP contribution in [0.5, 0.6) is 0 Å². The Morgan fingerprint density at radius 3 is 2.48 bits per heavy atom. The van der Waals surface area contributed by atoms with Gasteiger partial charge >= 0.3 is 11.9 Å². The largest absolute Gasteiger partial charge is 0.478 e. The average Bonchev–Trinajstić information content (AvgIpc) is 2.85. The molecule has 2 rings (SSSR count). The maximum Gasteiger partial charge on any atom is 0.341 e. The van der Waals surface area contributed by atoms with E-state index < -0.39 is 11.9 Å². The number of nitrogens with zero attached hydrogens (tertiary/aromatic N) is 2. The van der Waals surface area contributed by atoms with Gasteiger partial charge in [-0.1, -0.05) is 23.7 Å². The van der Waals surface area contributed by atoms with E-state index >= 15 is 0 Å². The summed E-state index contributed by atoms with van der Waals surface area (Å²) < 4.78 is 6.62. The molecule has 1 aromatic heterocycles.